The summed E-state index contributed by atoms with van der Waals surface area (Å²) >= 11 is 0. The van der Waals surface area contributed by atoms with E-state index in [4.69, 9.17) is 5.73 Å². The van der Waals surface area contributed by atoms with Gasteiger partial charge in [-0.15, -0.1) is 0 Å². The van der Waals surface area contributed by atoms with Gasteiger partial charge in [0.05, 0.1) is 6.54 Å². The number of piperazine rings is 1. The Morgan fingerprint density at radius 3 is 2.62 bits per heavy atom. The van der Waals surface area contributed by atoms with Crippen molar-refractivity contribution in [2.24, 2.45) is 5.73 Å². The van der Waals surface area contributed by atoms with Gasteiger partial charge in [0, 0.05) is 45.3 Å². The van der Waals surface area contributed by atoms with Gasteiger partial charge in [0.15, 0.2) is 0 Å². The number of hydrogen-bond acceptors (Lipinski definition) is 4. The van der Waals surface area contributed by atoms with Crippen molar-refractivity contribution in [2.75, 3.05) is 38.5 Å². The predicted molar refractivity (Wildman–Crippen MR) is 81.7 cm³/mol. The predicted octanol–water partition coefficient (Wildman–Crippen LogP) is 0.248. The number of nitrogens with one attached hydrogen (secondary N) is 1. The molecule has 1 saturated heterocycles. The zero-order valence-corrected chi connectivity index (χ0v) is 12.3. The molecular formula is C15H22N4O2. The van der Waals surface area contributed by atoms with Crippen LogP contribution in [0.1, 0.15) is 12.0 Å². The Balaban J connectivity index is 1.75. The van der Waals surface area contributed by atoms with Gasteiger partial charge in [0.1, 0.15) is 0 Å². The van der Waals surface area contributed by atoms with Crippen molar-refractivity contribution < 1.29 is 9.59 Å². The zero-order valence-electron chi connectivity index (χ0n) is 12.3. The molecule has 2 amide bonds. The summed E-state index contributed by atoms with van der Waals surface area (Å²) < 4.78 is 0. The third kappa shape index (κ3) is 4.54. The van der Waals surface area contributed by atoms with Crippen molar-refractivity contribution in [3.8, 4) is 0 Å². The first-order valence-corrected chi connectivity index (χ1v) is 7.13. The van der Waals surface area contributed by atoms with Crippen molar-refractivity contribution in [1.29, 1.82) is 0 Å². The highest BCUT2D eigenvalue weighted by Crippen LogP contribution is 2.10. The highest BCUT2D eigenvalue weighted by molar-refractivity contribution is 5.90. The van der Waals surface area contributed by atoms with E-state index in [9.17, 15) is 9.59 Å². The summed E-state index contributed by atoms with van der Waals surface area (Å²) in [6.45, 7) is 3.04. The molecular weight excluding hydrogens is 268 g/mol. The molecule has 21 heavy (non-hydrogen) atoms. The maximum absolute atomic E-state index is 11.9. The summed E-state index contributed by atoms with van der Waals surface area (Å²) in [5, 5.41) is 2.85. The molecule has 114 valence electrons. The number of anilines is 1. The van der Waals surface area contributed by atoms with Crippen LogP contribution in [-0.2, 0) is 16.1 Å². The van der Waals surface area contributed by atoms with Crippen LogP contribution in [0.3, 0.4) is 0 Å². The second kappa shape index (κ2) is 7.19. The molecule has 0 atom stereocenters. The summed E-state index contributed by atoms with van der Waals surface area (Å²) in [6, 6.07) is 7.49. The molecule has 1 aliphatic rings. The van der Waals surface area contributed by atoms with Gasteiger partial charge in [-0.1, -0.05) is 12.1 Å². The second-order valence-corrected chi connectivity index (χ2v) is 5.29. The Kier molecular flexibility index (Phi) is 5.30. The van der Waals surface area contributed by atoms with Crippen LogP contribution >= 0.6 is 0 Å². The SMILES string of the molecule is CN1CCN(CCC(=O)Nc2ccc(CN)cc2)CC1=O. The minimum absolute atomic E-state index is 0.0399. The van der Waals surface area contributed by atoms with Crippen LogP contribution in [0.25, 0.3) is 0 Å². The Morgan fingerprint density at radius 1 is 1.29 bits per heavy atom. The van der Waals surface area contributed by atoms with Gasteiger partial charge < -0.3 is 16.0 Å². The summed E-state index contributed by atoms with van der Waals surface area (Å²) in [6.07, 6.45) is 0.385. The van der Waals surface area contributed by atoms with Crippen molar-refractivity contribution in [2.45, 2.75) is 13.0 Å². The lowest BCUT2D eigenvalue weighted by Crippen LogP contribution is -2.49. The number of hydrogen-bond donors (Lipinski definition) is 2. The molecule has 0 saturated carbocycles. The first-order valence-electron chi connectivity index (χ1n) is 7.13. The summed E-state index contributed by atoms with van der Waals surface area (Å²) in [4.78, 5) is 27.2. The molecule has 1 aromatic carbocycles. The number of carbonyl (C=O) groups is 2. The lowest BCUT2D eigenvalue weighted by atomic mass is 10.2. The molecule has 1 aromatic rings. The third-order valence-corrected chi connectivity index (χ3v) is 3.66. The standard InChI is InChI=1S/C15H22N4O2/c1-18-8-9-19(11-15(18)21)7-6-14(20)17-13-4-2-12(10-16)3-5-13/h2-5H,6-11,16H2,1H3,(H,17,20). The average molecular weight is 290 g/mol. The normalized spacial score (nSPS) is 16.1. The van der Waals surface area contributed by atoms with Gasteiger partial charge in [-0.2, -0.15) is 0 Å². The lowest BCUT2D eigenvalue weighted by Gasteiger charge is -2.31. The molecule has 0 bridgehead atoms. The molecule has 6 heteroatoms. The topological polar surface area (TPSA) is 78.7 Å². The van der Waals surface area contributed by atoms with Crippen LogP contribution in [0.15, 0.2) is 24.3 Å². The molecule has 3 N–H and O–H groups in total. The maximum Gasteiger partial charge on any atom is 0.236 e. The van der Waals surface area contributed by atoms with Crippen LogP contribution in [0.4, 0.5) is 5.69 Å². The number of benzene rings is 1. The van der Waals surface area contributed by atoms with Crippen LogP contribution in [0, 0.1) is 0 Å². The molecule has 0 unspecified atom stereocenters. The average Bonchev–Trinajstić information content (AvgIpc) is 2.49. The molecule has 0 radical (unpaired) electrons. The first-order chi connectivity index (χ1) is 10.1. The van der Waals surface area contributed by atoms with Crippen LogP contribution in [-0.4, -0.2) is 54.8 Å². The van der Waals surface area contributed by atoms with Crippen molar-refractivity contribution in [3.05, 3.63) is 29.8 Å². The van der Waals surface area contributed by atoms with E-state index in [0.29, 0.717) is 26.1 Å². The number of nitrogens with two attached hydrogens (primary N) is 1. The quantitative estimate of drug-likeness (QED) is 0.814. The number of rotatable bonds is 5. The monoisotopic (exact) mass is 290 g/mol. The highest BCUT2D eigenvalue weighted by Gasteiger charge is 2.20. The molecule has 1 fully saturated rings. The molecule has 0 spiro atoms. The molecule has 0 aromatic heterocycles. The summed E-state index contributed by atoms with van der Waals surface area (Å²) in [7, 11) is 1.80. The number of nitrogens with zero attached hydrogens (tertiary/aromatic N) is 2. The van der Waals surface area contributed by atoms with Crippen molar-refractivity contribution in [3.63, 3.8) is 0 Å². The minimum atomic E-state index is -0.0399. The van der Waals surface area contributed by atoms with E-state index < -0.39 is 0 Å². The maximum atomic E-state index is 11.9. The summed E-state index contributed by atoms with van der Waals surface area (Å²) in [5.74, 6) is 0.0703. The Labute approximate surface area is 124 Å². The van der Waals surface area contributed by atoms with E-state index >= 15 is 0 Å². The van der Waals surface area contributed by atoms with E-state index in [1.54, 1.807) is 11.9 Å². The van der Waals surface area contributed by atoms with Gasteiger partial charge in [-0.05, 0) is 17.7 Å². The minimum Gasteiger partial charge on any atom is -0.343 e. The van der Waals surface area contributed by atoms with E-state index in [1.165, 1.54) is 0 Å². The van der Waals surface area contributed by atoms with Crippen molar-refractivity contribution in [1.82, 2.24) is 9.80 Å². The summed E-state index contributed by atoms with van der Waals surface area (Å²) in [5.41, 5.74) is 7.33. The molecule has 0 aliphatic carbocycles. The zero-order chi connectivity index (χ0) is 15.2. The fourth-order valence-electron chi connectivity index (χ4n) is 2.21. The molecule has 2 rings (SSSR count). The van der Waals surface area contributed by atoms with E-state index in [2.05, 4.69) is 5.32 Å². The van der Waals surface area contributed by atoms with Gasteiger partial charge in [-0.3, -0.25) is 14.5 Å². The van der Waals surface area contributed by atoms with E-state index in [1.807, 2.05) is 29.2 Å². The van der Waals surface area contributed by atoms with E-state index in [-0.39, 0.29) is 11.8 Å². The first kappa shape index (κ1) is 15.5. The highest BCUT2D eigenvalue weighted by atomic mass is 16.2. The van der Waals surface area contributed by atoms with Gasteiger partial charge in [0.25, 0.3) is 0 Å². The van der Waals surface area contributed by atoms with Crippen LogP contribution in [0.2, 0.25) is 0 Å². The second-order valence-electron chi connectivity index (χ2n) is 5.29. The van der Waals surface area contributed by atoms with Gasteiger partial charge >= 0.3 is 0 Å². The Bertz CT molecular complexity index is 501. The van der Waals surface area contributed by atoms with Gasteiger partial charge in [0.2, 0.25) is 11.8 Å². The number of likely N-dealkylation sites (N-methyl/N-ethyl adjacent to an activating group) is 1. The lowest BCUT2D eigenvalue weighted by molar-refractivity contribution is -0.134. The smallest absolute Gasteiger partial charge is 0.236 e. The number of carbonyl (C=O) groups excluding carboxylic acids is 2. The molecule has 1 heterocycles. The molecule has 6 nitrogen and oxygen atoms in total. The Hall–Kier alpha value is -1.92. The third-order valence-electron chi connectivity index (χ3n) is 3.66. The molecule has 1 aliphatic heterocycles. The van der Waals surface area contributed by atoms with Crippen LogP contribution in [0.5, 0.6) is 0 Å². The van der Waals surface area contributed by atoms with Crippen molar-refractivity contribution >= 4 is 17.5 Å². The number of amides is 2. The Morgan fingerprint density at radius 2 is 2.00 bits per heavy atom. The largest absolute Gasteiger partial charge is 0.343 e. The van der Waals surface area contributed by atoms with Crippen LogP contribution < -0.4 is 11.1 Å². The van der Waals surface area contributed by atoms with Gasteiger partial charge in [-0.25, -0.2) is 0 Å². The van der Waals surface area contributed by atoms with E-state index in [0.717, 1.165) is 24.3 Å². The fraction of sp³-hybridized carbons (Fsp3) is 0.467. The fourth-order valence-corrected chi connectivity index (χ4v) is 2.21.